The van der Waals surface area contributed by atoms with Crippen LogP contribution in [0, 0.1) is 5.41 Å². The fourth-order valence-corrected chi connectivity index (χ4v) is 1.61. The summed E-state index contributed by atoms with van der Waals surface area (Å²) < 4.78 is 0. The fourth-order valence-electron chi connectivity index (χ4n) is 1.61. The maximum absolute atomic E-state index is 11.6. The standard InChI is InChI=1S/C10H19NO/c1-10(2,3)7-9(12)8-5-4-6-11-8/h8,11H,4-7H2,1-3H3. The first kappa shape index (κ1) is 9.72. The molecule has 70 valence electrons. The van der Waals surface area contributed by atoms with Crippen molar-refractivity contribution in [3.05, 3.63) is 0 Å². The molecule has 1 N–H and O–H groups in total. The normalized spacial score (nSPS) is 24.4. The highest BCUT2D eigenvalue weighted by Gasteiger charge is 2.25. The highest BCUT2D eigenvalue weighted by Crippen LogP contribution is 2.21. The molecule has 0 radical (unpaired) electrons. The zero-order valence-electron chi connectivity index (χ0n) is 8.31. The van der Waals surface area contributed by atoms with Gasteiger partial charge in [0.1, 0.15) is 5.78 Å². The molecule has 1 aliphatic rings. The molecule has 2 heteroatoms. The van der Waals surface area contributed by atoms with E-state index in [1.807, 2.05) is 0 Å². The highest BCUT2D eigenvalue weighted by molar-refractivity contribution is 5.84. The van der Waals surface area contributed by atoms with Crippen LogP contribution in [-0.2, 0) is 4.79 Å². The molecule has 0 saturated carbocycles. The van der Waals surface area contributed by atoms with Crippen LogP contribution < -0.4 is 5.32 Å². The fraction of sp³-hybridized carbons (Fsp3) is 0.900. The Morgan fingerprint density at radius 3 is 2.58 bits per heavy atom. The third-order valence-electron chi connectivity index (χ3n) is 2.15. The Morgan fingerprint density at radius 1 is 1.50 bits per heavy atom. The predicted octanol–water partition coefficient (Wildman–Crippen LogP) is 1.74. The molecule has 1 saturated heterocycles. The molecular weight excluding hydrogens is 150 g/mol. The van der Waals surface area contributed by atoms with E-state index in [0.29, 0.717) is 12.2 Å². The minimum Gasteiger partial charge on any atom is -0.307 e. The van der Waals surface area contributed by atoms with Gasteiger partial charge in [0.05, 0.1) is 6.04 Å². The lowest BCUT2D eigenvalue weighted by Gasteiger charge is -2.19. The van der Waals surface area contributed by atoms with Crippen LogP contribution in [0.1, 0.15) is 40.0 Å². The van der Waals surface area contributed by atoms with E-state index < -0.39 is 0 Å². The van der Waals surface area contributed by atoms with Crippen molar-refractivity contribution in [3.63, 3.8) is 0 Å². The third-order valence-corrected chi connectivity index (χ3v) is 2.15. The lowest BCUT2D eigenvalue weighted by Crippen LogP contribution is -2.33. The van der Waals surface area contributed by atoms with E-state index >= 15 is 0 Å². The quantitative estimate of drug-likeness (QED) is 0.682. The number of rotatable bonds is 2. The molecule has 0 aromatic rings. The minimum absolute atomic E-state index is 0.140. The lowest BCUT2D eigenvalue weighted by atomic mass is 9.87. The highest BCUT2D eigenvalue weighted by atomic mass is 16.1. The molecule has 0 spiro atoms. The van der Waals surface area contributed by atoms with Gasteiger partial charge in [-0.05, 0) is 24.8 Å². The third kappa shape index (κ3) is 2.94. The number of Topliss-reactive ketones (excluding diaryl/α,β-unsaturated/α-hetero) is 1. The molecule has 1 unspecified atom stereocenters. The first-order chi connectivity index (χ1) is 5.49. The Hall–Kier alpha value is -0.370. The number of hydrogen-bond donors (Lipinski definition) is 1. The first-order valence-electron chi connectivity index (χ1n) is 4.75. The topological polar surface area (TPSA) is 29.1 Å². The zero-order valence-corrected chi connectivity index (χ0v) is 8.31. The van der Waals surface area contributed by atoms with E-state index in [1.54, 1.807) is 0 Å². The van der Waals surface area contributed by atoms with Crippen LogP contribution in [0.4, 0.5) is 0 Å². The number of ketones is 1. The summed E-state index contributed by atoms with van der Waals surface area (Å²) in [6, 6.07) is 0.157. The van der Waals surface area contributed by atoms with Crippen LogP contribution in [0.3, 0.4) is 0 Å². The summed E-state index contributed by atoms with van der Waals surface area (Å²) >= 11 is 0. The molecule has 0 amide bonds. The molecule has 1 atom stereocenters. The van der Waals surface area contributed by atoms with Gasteiger partial charge in [-0.2, -0.15) is 0 Å². The second kappa shape index (κ2) is 3.56. The molecule has 1 rings (SSSR count). The second-order valence-corrected chi connectivity index (χ2v) is 4.85. The summed E-state index contributed by atoms with van der Waals surface area (Å²) in [7, 11) is 0. The van der Waals surface area contributed by atoms with Gasteiger partial charge in [0.2, 0.25) is 0 Å². The van der Waals surface area contributed by atoms with Gasteiger partial charge in [0.25, 0.3) is 0 Å². The van der Waals surface area contributed by atoms with E-state index in [1.165, 1.54) is 0 Å². The Balaban J connectivity index is 2.37. The smallest absolute Gasteiger partial charge is 0.150 e. The lowest BCUT2D eigenvalue weighted by molar-refractivity contribution is -0.122. The Morgan fingerprint density at radius 2 is 2.17 bits per heavy atom. The molecule has 0 bridgehead atoms. The van der Waals surface area contributed by atoms with Crippen molar-refractivity contribution in [2.45, 2.75) is 46.1 Å². The molecule has 1 fully saturated rings. The summed E-state index contributed by atoms with van der Waals surface area (Å²) in [6.45, 7) is 7.35. The SMILES string of the molecule is CC(C)(C)CC(=O)C1CCCN1. The van der Waals surface area contributed by atoms with Crippen molar-refractivity contribution in [1.82, 2.24) is 5.32 Å². The maximum atomic E-state index is 11.6. The number of carbonyl (C=O) groups is 1. The molecule has 0 aromatic carbocycles. The summed E-state index contributed by atoms with van der Waals surface area (Å²) in [5, 5.41) is 3.23. The van der Waals surface area contributed by atoms with Crippen molar-refractivity contribution < 1.29 is 4.79 Å². The van der Waals surface area contributed by atoms with Gasteiger partial charge in [-0.3, -0.25) is 4.79 Å². The van der Waals surface area contributed by atoms with Crippen molar-refractivity contribution in [3.8, 4) is 0 Å². The summed E-state index contributed by atoms with van der Waals surface area (Å²) in [6.07, 6.45) is 2.89. The largest absolute Gasteiger partial charge is 0.307 e. The van der Waals surface area contributed by atoms with Crippen molar-refractivity contribution in [2.75, 3.05) is 6.54 Å². The molecule has 1 heterocycles. The van der Waals surface area contributed by atoms with Crippen molar-refractivity contribution in [2.24, 2.45) is 5.41 Å². The van der Waals surface area contributed by atoms with Crippen LogP contribution in [0.2, 0.25) is 0 Å². The van der Waals surface area contributed by atoms with Gasteiger partial charge in [0, 0.05) is 6.42 Å². The summed E-state index contributed by atoms with van der Waals surface area (Å²) in [4.78, 5) is 11.6. The monoisotopic (exact) mass is 169 g/mol. The molecule has 1 aliphatic heterocycles. The van der Waals surface area contributed by atoms with Crippen LogP contribution >= 0.6 is 0 Å². The van der Waals surface area contributed by atoms with Crippen LogP contribution in [0.25, 0.3) is 0 Å². The predicted molar refractivity (Wildman–Crippen MR) is 50.1 cm³/mol. The van der Waals surface area contributed by atoms with Crippen LogP contribution in [0.5, 0.6) is 0 Å². The van der Waals surface area contributed by atoms with E-state index in [4.69, 9.17) is 0 Å². The summed E-state index contributed by atoms with van der Waals surface area (Å²) in [5.41, 5.74) is 0.140. The Labute approximate surface area is 74.7 Å². The summed E-state index contributed by atoms with van der Waals surface area (Å²) in [5.74, 6) is 0.389. The Bertz CT molecular complexity index is 163. The van der Waals surface area contributed by atoms with E-state index in [0.717, 1.165) is 19.4 Å². The van der Waals surface area contributed by atoms with E-state index in [2.05, 4.69) is 26.1 Å². The minimum atomic E-state index is 0.140. The van der Waals surface area contributed by atoms with Gasteiger partial charge in [-0.15, -0.1) is 0 Å². The molecular formula is C10H19NO. The Kier molecular flexibility index (Phi) is 2.89. The number of nitrogens with one attached hydrogen (secondary N) is 1. The second-order valence-electron chi connectivity index (χ2n) is 4.85. The maximum Gasteiger partial charge on any atom is 0.150 e. The number of carbonyl (C=O) groups excluding carboxylic acids is 1. The average molecular weight is 169 g/mol. The van der Waals surface area contributed by atoms with Crippen molar-refractivity contribution in [1.29, 1.82) is 0 Å². The van der Waals surface area contributed by atoms with Crippen LogP contribution in [0.15, 0.2) is 0 Å². The van der Waals surface area contributed by atoms with Gasteiger partial charge in [-0.1, -0.05) is 20.8 Å². The van der Waals surface area contributed by atoms with Crippen molar-refractivity contribution >= 4 is 5.78 Å². The van der Waals surface area contributed by atoms with E-state index in [9.17, 15) is 4.79 Å². The van der Waals surface area contributed by atoms with Crippen LogP contribution in [-0.4, -0.2) is 18.4 Å². The van der Waals surface area contributed by atoms with Gasteiger partial charge < -0.3 is 5.32 Å². The molecule has 0 aliphatic carbocycles. The first-order valence-corrected chi connectivity index (χ1v) is 4.75. The average Bonchev–Trinajstić information content (AvgIpc) is 2.32. The molecule has 2 nitrogen and oxygen atoms in total. The van der Waals surface area contributed by atoms with Gasteiger partial charge >= 0.3 is 0 Å². The van der Waals surface area contributed by atoms with Gasteiger partial charge in [0.15, 0.2) is 0 Å². The zero-order chi connectivity index (χ0) is 9.19. The van der Waals surface area contributed by atoms with E-state index in [-0.39, 0.29) is 11.5 Å². The van der Waals surface area contributed by atoms with Gasteiger partial charge in [-0.25, -0.2) is 0 Å². The number of hydrogen-bond acceptors (Lipinski definition) is 2. The molecule has 0 aromatic heterocycles. The molecule has 12 heavy (non-hydrogen) atoms.